The van der Waals surface area contributed by atoms with Crippen LogP contribution in [0.3, 0.4) is 0 Å². The zero-order valence-electron chi connectivity index (χ0n) is 10.4. The van der Waals surface area contributed by atoms with Gasteiger partial charge in [-0.2, -0.15) is 0 Å². The van der Waals surface area contributed by atoms with E-state index in [2.05, 4.69) is 5.32 Å². The van der Waals surface area contributed by atoms with E-state index in [0.717, 1.165) is 0 Å². The number of hydrogen-bond donors (Lipinski definition) is 3. The summed E-state index contributed by atoms with van der Waals surface area (Å²) in [6.07, 6.45) is 0. The molecule has 4 N–H and O–H groups in total. The summed E-state index contributed by atoms with van der Waals surface area (Å²) in [5, 5.41) is 13.5. The number of carbonyl (C=O) groups is 1. The number of nitrogens with one attached hydrogen (secondary N) is 1. The Bertz CT molecular complexity index is 639. The molecule has 0 atom stereocenters. The molecule has 0 saturated heterocycles. The lowest BCUT2D eigenvalue weighted by molar-refractivity contribution is 0.100. The van der Waals surface area contributed by atoms with Crippen molar-refractivity contribution in [2.45, 2.75) is 6.54 Å². The van der Waals surface area contributed by atoms with Gasteiger partial charge in [0.25, 0.3) is 0 Å². The van der Waals surface area contributed by atoms with E-state index in [-0.39, 0.29) is 16.3 Å². The number of anilines is 1. The Labute approximate surface area is 126 Å². The highest BCUT2D eigenvalue weighted by Gasteiger charge is 2.09. The van der Waals surface area contributed by atoms with Crippen molar-refractivity contribution in [3.8, 4) is 5.75 Å². The van der Waals surface area contributed by atoms with Gasteiger partial charge in [0, 0.05) is 22.8 Å². The first-order valence-electron chi connectivity index (χ1n) is 5.78. The van der Waals surface area contributed by atoms with Gasteiger partial charge in [0.1, 0.15) is 5.75 Å². The average molecular weight is 311 g/mol. The molecule has 0 saturated carbocycles. The van der Waals surface area contributed by atoms with E-state index in [9.17, 15) is 9.90 Å². The van der Waals surface area contributed by atoms with Crippen LogP contribution in [0.25, 0.3) is 0 Å². The standard InChI is InChI=1S/C14H12Cl2N2O2/c15-11-2-1-3-13(19)10(11)7-18-8-4-5-9(14(17)20)12(16)6-8/h1-6,18-19H,7H2,(H2,17,20). The molecule has 2 aromatic rings. The minimum absolute atomic E-state index is 0.116. The lowest BCUT2D eigenvalue weighted by Gasteiger charge is -2.11. The molecule has 4 nitrogen and oxygen atoms in total. The lowest BCUT2D eigenvalue weighted by atomic mass is 10.1. The fraction of sp³-hybridized carbons (Fsp3) is 0.0714. The van der Waals surface area contributed by atoms with E-state index >= 15 is 0 Å². The quantitative estimate of drug-likeness (QED) is 0.810. The van der Waals surface area contributed by atoms with E-state index in [1.165, 1.54) is 0 Å². The summed E-state index contributed by atoms with van der Waals surface area (Å²) in [5.74, 6) is -0.463. The van der Waals surface area contributed by atoms with Gasteiger partial charge in [0.2, 0.25) is 5.91 Å². The minimum Gasteiger partial charge on any atom is -0.508 e. The number of halogens is 2. The molecule has 1 amide bonds. The Morgan fingerprint density at radius 3 is 2.55 bits per heavy atom. The molecule has 0 aliphatic carbocycles. The molecule has 0 radical (unpaired) electrons. The van der Waals surface area contributed by atoms with E-state index in [1.807, 2.05) is 0 Å². The number of carbonyl (C=O) groups excluding carboxylic acids is 1. The minimum atomic E-state index is -0.578. The first-order chi connectivity index (χ1) is 9.49. The predicted molar refractivity (Wildman–Crippen MR) is 80.4 cm³/mol. The van der Waals surface area contributed by atoms with Crippen LogP contribution in [0.5, 0.6) is 5.75 Å². The maximum absolute atomic E-state index is 11.1. The molecule has 104 valence electrons. The zero-order chi connectivity index (χ0) is 14.7. The molecule has 0 fully saturated rings. The second-order valence-electron chi connectivity index (χ2n) is 4.15. The fourth-order valence-corrected chi connectivity index (χ4v) is 2.25. The molecule has 0 aliphatic rings. The SMILES string of the molecule is NC(=O)c1ccc(NCc2c(O)cccc2Cl)cc1Cl. The molecular weight excluding hydrogens is 299 g/mol. The highest BCUT2D eigenvalue weighted by Crippen LogP contribution is 2.27. The average Bonchev–Trinajstić information content (AvgIpc) is 2.37. The first-order valence-corrected chi connectivity index (χ1v) is 6.54. The maximum atomic E-state index is 11.1. The highest BCUT2D eigenvalue weighted by atomic mass is 35.5. The third-order valence-electron chi connectivity index (χ3n) is 2.80. The maximum Gasteiger partial charge on any atom is 0.250 e. The molecule has 0 aliphatic heterocycles. The molecule has 20 heavy (non-hydrogen) atoms. The molecule has 0 bridgehead atoms. The van der Waals surface area contributed by atoms with Crippen molar-refractivity contribution in [2.75, 3.05) is 5.32 Å². The molecule has 6 heteroatoms. The Kier molecular flexibility index (Phi) is 4.37. The van der Waals surface area contributed by atoms with Gasteiger partial charge in [-0.05, 0) is 30.3 Å². The first kappa shape index (κ1) is 14.5. The third kappa shape index (κ3) is 3.15. The normalized spacial score (nSPS) is 10.3. The number of primary amides is 1. The number of phenols is 1. The van der Waals surface area contributed by atoms with Crippen molar-refractivity contribution in [3.63, 3.8) is 0 Å². The van der Waals surface area contributed by atoms with Gasteiger partial charge in [-0.15, -0.1) is 0 Å². The Hall–Kier alpha value is -1.91. The topological polar surface area (TPSA) is 75.4 Å². The molecule has 2 aromatic carbocycles. The summed E-state index contributed by atoms with van der Waals surface area (Å²) >= 11 is 12.0. The van der Waals surface area contributed by atoms with E-state index in [1.54, 1.807) is 36.4 Å². The molecular formula is C14H12Cl2N2O2. The number of hydrogen-bond acceptors (Lipinski definition) is 3. The van der Waals surface area contributed by atoms with Crippen molar-refractivity contribution in [3.05, 3.63) is 57.6 Å². The second kappa shape index (κ2) is 6.03. The van der Waals surface area contributed by atoms with E-state index in [4.69, 9.17) is 28.9 Å². The summed E-state index contributed by atoms with van der Waals surface area (Å²) < 4.78 is 0. The smallest absolute Gasteiger partial charge is 0.250 e. The molecule has 0 heterocycles. The van der Waals surface area contributed by atoms with Crippen molar-refractivity contribution < 1.29 is 9.90 Å². The van der Waals surface area contributed by atoms with Crippen LogP contribution in [0.4, 0.5) is 5.69 Å². The summed E-state index contributed by atoms with van der Waals surface area (Å²) in [4.78, 5) is 11.1. The summed E-state index contributed by atoms with van der Waals surface area (Å²) in [6, 6.07) is 9.74. The molecule has 0 spiro atoms. The number of amides is 1. The fourth-order valence-electron chi connectivity index (χ4n) is 1.74. The van der Waals surface area contributed by atoms with Crippen LogP contribution >= 0.6 is 23.2 Å². The van der Waals surface area contributed by atoms with Crippen molar-refractivity contribution in [1.29, 1.82) is 0 Å². The Morgan fingerprint density at radius 2 is 1.95 bits per heavy atom. The number of benzene rings is 2. The van der Waals surface area contributed by atoms with Gasteiger partial charge in [0.05, 0.1) is 10.6 Å². The predicted octanol–water partition coefficient (Wildman–Crippen LogP) is 3.41. The molecule has 0 unspecified atom stereocenters. The number of nitrogens with two attached hydrogens (primary N) is 1. The van der Waals surface area contributed by atoms with Gasteiger partial charge in [0.15, 0.2) is 0 Å². The largest absolute Gasteiger partial charge is 0.508 e. The van der Waals surface area contributed by atoms with Crippen molar-refractivity contribution in [1.82, 2.24) is 0 Å². The second-order valence-corrected chi connectivity index (χ2v) is 4.96. The Balaban J connectivity index is 2.16. The van der Waals surface area contributed by atoms with Gasteiger partial charge < -0.3 is 16.2 Å². The summed E-state index contributed by atoms with van der Waals surface area (Å²) in [7, 11) is 0. The van der Waals surface area contributed by atoms with Crippen LogP contribution in [-0.4, -0.2) is 11.0 Å². The van der Waals surface area contributed by atoms with Crippen molar-refractivity contribution >= 4 is 34.8 Å². The highest BCUT2D eigenvalue weighted by molar-refractivity contribution is 6.34. The van der Waals surface area contributed by atoms with Crippen LogP contribution in [0.2, 0.25) is 10.0 Å². The molecule has 0 aromatic heterocycles. The van der Waals surface area contributed by atoms with Crippen LogP contribution in [0.15, 0.2) is 36.4 Å². The van der Waals surface area contributed by atoms with Gasteiger partial charge in [-0.3, -0.25) is 4.79 Å². The number of phenolic OH excluding ortho intramolecular Hbond substituents is 1. The van der Waals surface area contributed by atoms with Crippen LogP contribution in [0.1, 0.15) is 15.9 Å². The Morgan fingerprint density at radius 1 is 1.20 bits per heavy atom. The monoisotopic (exact) mass is 310 g/mol. The van der Waals surface area contributed by atoms with Crippen LogP contribution in [-0.2, 0) is 6.54 Å². The van der Waals surface area contributed by atoms with Crippen molar-refractivity contribution in [2.24, 2.45) is 5.73 Å². The number of aromatic hydroxyl groups is 1. The third-order valence-corrected chi connectivity index (χ3v) is 3.46. The summed E-state index contributed by atoms with van der Waals surface area (Å²) in [5.41, 5.74) is 6.72. The van der Waals surface area contributed by atoms with Gasteiger partial charge >= 0.3 is 0 Å². The van der Waals surface area contributed by atoms with E-state index < -0.39 is 5.91 Å². The van der Waals surface area contributed by atoms with Crippen LogP contribution < -0.4 is 11.1 Å². The molecule has 2 rings (SSSR count). The van der Waals surface area contributed by atoms with E-state index in [0.29, 0.717) is 22.8 Å². The van der Waals surface area contributed by atoms with Crippen LogP contribution in [0, 0.1) is 0 Å². The zero-order valence-corrected chi connectivity index (χ0v) is 11.9. The lowest BCUT2D eigenvalue weighted by Crippen LogP contribution is -2.11. The number of rotatable bonds is 4. The van der Waals surface area contributed by atoms with Gasteiger partial charge in [-0.25, -0.2) is 0 Å². The summed E-state index contributed by atoms with van der Waals surface area (Å²) in [6.45, 7) is 0.331. The van der Waals surface area contributed by atoms with Gasteiger partial charge in [-0.1, -0.05) is 29.3 Å².